The van der Waals surface area contributed by atoms with E-state index < -0.39 is 0 Å². The summed E-state index contributed by atoms with van der Waals surface area (Å²) in [6.07, 6.45) is 0. The number of benzene rings is 1. The van der Waals surface area contributed by atoms with Crippen molar-refractivity contribution in [3.8, 4) is 0 Å². The number of aryl methyl sites for hydroxylation is 1. The van der Waals surface area contributed by atoms with Crippen LogP contribution in [0.25, 0.3) is 0 Å². The Bertz CT molecular complexity index is 510. The number of rotatable bonds is 7. The van der Waals surface area contributed by atoms with Crippen molar-refractivity contribution in [3.05, 3.63) is 35.1 Å². The summed E-state index contributed by atoms with van der Waals surface area (Å²) in [6, 6.07) is 6.32. The van der Waals surface area contributed by atoms with Gasteiger partial charge < -0.3 is 10.6 Å². The predicted molar refractivity (Wildman–Crippen MR) is 112 cm³/mol. The second-order valence-electron chi connectivity index (χ2n) is 6.36. The standard InChI is InChI=1S/C18H31FN4.HI/c1-13(2)23(14(3)4)10-9-21-18(20-6)22-12-16-8-7-15(5)17(19)11-16;/h7-8,11,13-14H,9-10,12H2,1-6H3,(H2,20,21,22);1H. The first-order valence-corrected chi connectivity index (χ1v) is 8.30. The average molecular weight is 450 g/mol. The van der Waals surface area contributed by atoms with Crippen LogP contribution in [0.1, 0.15) is 38.8 Å². The summed E-state index contributed by atoms with van der Waals surface area (Å²) in [4.78, 5) is 6.64. The van der Waals surface area contributed by atoms with E-state index >= 15 is 0 Å². The van der Waals surface area contributed by atoms with Crippen molar-refractivity contribution in [1.29, 1.82) is 0 Å². The molecule has 0 radical (unpaired) electrons. The highest BCUT2D eigenvalue weighted by molar-refractivity contribution is 14.0. The molecule has 0 amide bonds. The third kappa shape index (κ3) is 7.79. The van der Waals surface area contributed by atoms with Gasteiger partial charge in [0.05, 0.1) is 0 Å². The molecular weight excluding hydrogens is 418 g/mol. The molecule has 0 heterocycles. The number of hydrogen-bond donors (Lipinski definition) is 2. The van der Waals surface area contributed by atoms with Gasteiger partial charge in [0.15, 0.2) is 5.96 Å². The first-order valence-electron chi connectivity index (χ1n) is 8.30. The van der Waals surface area contributed by atoms with Gasteiger partial charge in [0.2, 0.25) is 0 Å². The van der Waals surface area contributed by atoms with Crippen LogP contribution in [0.3, 0.4) is 0 Å². The lowest BCUT2D eigenvalue weighted by Gasteiger charge is -2.30. The van der Waals surface area contributed by atoms with Gasteiger partial charge in [-0.05, 0) is 51.8 Å². The molecule has 0 aliphatic carbocycles. The molecule has 2 N–H and O–H groups in total. The molecule has 0 spiro atoms. The maximum Gasteiger partial charge on any atom is 0.191 e. The molecule has 1 aromatic rings. The van der Waals surface area contributed by atoms with Gasteiger partial charge in [0, 0.05) is 38.8 Å². The van der Waals surface area contributed by atoms with Gasteiger partial charge in [0.25, 0.3) is 0 Å². The maximum atomic E-state index is 13.5. The molecule has 0 fully saturated rings. The Morgan fingerprint density at radius 1 is 1.17 bits per heavy atom. The van der Waals surface area contributed by atoms with Crippen molar-refractivity contribution in [3.63, 3.8) is 0 Å². The Balaban J connectivity index is 0.00000529. The van der Waals surface area contributed by atoms with E-state index in [9.17, 15) is 4.39 Å². The van der Waals surface area contributed by atoms with E-state index in [4.69, 9.17) is 0 Å². The Morgan fingerprint density at radius 2 is 1.79 bits per heavy atom. The van der Waals surface area contributed by atoms with Crippen LogP contribution in [-0.4, -0.2) is 43.1 Å². The third-order valence-electron chi connectivity index (χ3n) is 3.91. The van der Waals surface area contributed by atoms with Gasteiger partial charge in [-0.2, -0.15) is 0 Å². The molecule has 0 aliphatic rings. The second kappa shape index (κ2) is 11.6. The van der Waals surface area contributed by atoms with Crippen molar-refractivity contribution >= 4 is 29.9 Å². The molecule has 6 heteroatoms. The van der Waals surface area contributed by atoms with E-state index in [0.29, 0.717) is 24.2 Å². The fourth-order valence-electron chi connectivity index (χ4n) is 2.57. The van der Waals surface area contributed by atoms with Gasteiger partial charge in [-0.15, -0.1) is 24.0 Å². The molecular formula is C18H32FIN4. The number of halogens is 2. The smallest absolute Gasteiger partial charge is 0.191 e. The Kier molecular flexibility index (Phi) is 11.2. The highest BCUT2D eigenvalue weighted by Gasteiger charge is 2.12. The summed E-state index contributed by atoms with van der Waals surface area (Å²) in [6.45, 7) is 12.9. The number of nitrogens with one attached hydrogen (secondary N) is 2. The minimum atomic E-state index is -0.170. The van der Waals surface area contributed by atoms with E-state index in [0.717, 1.165) is 24.6 Å². The van der Waals surface area contributed by atoms with E-state index in [1.807, 2.05) is 6.07 Å². The number of aliphatic imine (C=N–C) groups is 1. The van der Waals surface area contributed by atoms with Crippen LogP contribution in [-0.2, 0) is 6.54 Å². The lowest BCUT2D eigenvalue weighted by molar-refractivity contribution is 0.178. The summed E-state index contributed by atoms with van der Waals surface area (Å²) in [7, 11) is 1.74. The summed E-state index contributed by atoms with van der Waals surface area (Å²) < 4.78 is 13.5. The molecule has 0 atom stereocenters. The van der Waals surface area contributed by atoms with E-state index in [-0.39, 0.29) is 29.8 Å². The zero-order chi connectivity index (χ0) is 17.4. The van der Waals surface area contributed by atoms with Crippen molar-refractivity contribution in [2.45, 2.75) is 53.2 Å². The summed E-state index contributed by atoms with van der Waals surface area (Å²) in [5.41, 5.74) is 1.57. The zero-order valence-corrected chi connectivity index (χ0v) is 18.0. The summed E-state index contributed by atoms with van der Waals surface area (Å²) >= 11 is 0. The monoisotopic (exact) mass is 450 g/mol. The van der Waals surface area contributed by atoms with Crippen LogP contribution >= 0.6 is 24.0 Å². The van der Waals surface area contributed by atoms with Crippen molar-refractivity contribution in [2.24, 2.45) is 4.99 Å². The zero-order valence-electron chi connectivity index (χ0n) is 15.7. The highest BCUT2D eigenvalue weighted by Crippen LogP contribution is 2.08. The largest absolute Gasteiger partial charge is 0.355 e. The molecule has 1 rings (SSSR count). The fourth-order valence-corrected chi connectivity index (χ4v) is 2.57. The van der Waals surface area contributed by atoms with Crippen LogP contribution in [0.15, 0.2) is 23.2 Å². The molecule has 4 nitrogen and oxygen atoms in total. The van der Waals surface area contributed by atoms with Crippen LogP contribution < -0.4 is 10.6 Å². The SMILES string of the molecule is CN=C(NCCN(C(C)C)C(C)C)NCc1ccc(C)c(F)c1.I. The molecule has 138 valence electrons. The normalized spacial score (nSPS) is 11.8. The number of hydrogen-bond acceptors (Lipinski definition) is 2. The van der Waals surface area contributed by atoms with Gasteiger partial charge in [-0.25, -0.2) is 4.39 Å². The Hall–Kier alpha value is -0.890. The average Bonchev–Trinajstić information content (AvgIpc) is 2.49. The van der Waals surface area contributed by atoms with Crippen molar-refractivity contribution < 1.29 is 4.39 Å². The van der Waals surface area contributed by atoms with Gasteiger partial charge in [0.1, 0.15) is 5.82 Å². The van der Waals surface area contributed by atoms with Crippen molar-refractivity contribution in [2.75, 3.05) is 20.1 Å². The van der Waals surface area contributed by atoms with E-state index in [2.05, 4.69) is 48.2 Å². The number of nitrogens with zero attached hydrogens (tertiary/aromatic N) is 2. The minimum absolute atomic E-state index is 0. The van der Waals surface area contributed by atoms with Crippen molar-refractivity contribution in [1.82, 2.24) is 15.5 Å². The Labute approximate surface area is 163 Å². The van der Waals surface area contributed by atoms with Crippen LogP contribution in [0, 0.1) is 12.7 Å². The predicted octanol–water partition coefficient (Wildman–Crippen LogP) is 3.54. The quantitative estimate of drug-likeness (QED) is 0.379. The second-order valence-corrected chi connectivity index (χ2v) is 6.36. The molecule has 0 aromatic heterocycles. The number of guanidine groups is 1. The minimum Gasteiger partial charge on any atom is -0.355 e. The van der Waals surface area contributed by atoms with Gasteiger partial charge in [-0.3, -0.25) is 9.89 Å². The van der Waals surface area contributed by atoms with Gasteiger partial charge in [-0.1, -0.05) is 12.1 Å². The molecule has 1 aromatic carbocycles. The third-order valence-corrected chi connectivity index (χ3v) is 3.91. The molecule has 0 aliphatic heterocycles. The van der Waals surface area contributed by atoms with Gasteiger partial charge >= 0.3 is 0 Å². The molecule has 0 unspecified atom stereocenters. The molecule has 0 saturated carbocycles. The summed E-state index contributed by atoms with van der Waals surface area (Å²) in [5, 5.41) is 6.53. The first-order chi connectivity index (χ1) is 10.8. The first kappa shape index (κ1) is 23.1. The Morgan fingerprint density at radius 3 is 2.29 bits per heavy atom. The maximum absolute atomic E-state index is 13.5. The summed E-state index contributed by atoms with van der Waals surface area (Å²) in [5.74, 6) is 0.565. The lowest BCUT2D eigenvalue weighted by Crippen LogP contribution is -2.45. The van der Waals surface area contributed by atoms with Crippen LogP contribution in [0.5, 0.6) is 0 Å². The fraction of sp³-hybridized carbons (Fsp3) is 0.611. The molecule has 24 heavy (non-hydrogen) atoms. The van der Waals surface area contributed by atoms with E-state index in [1.54, 1.807) is 26.1 Å². The molecule has 0 bridgehead atoms. The molecule has 0 saturated heterocycles. The van der Waals surface area contributed by atoms with Crippen LogP contribution in [0.2, 0.25) is 0 Å². The van der Waals surface area contributed by atoms with Crippen LogP contribution in [0.4, 0.5) is 4.39 Å². The topological polar surface area (TPSA) is 39.7 Å². The highest BCUT2D eigenvalue weighted by atomic mass is 127. The van der Waals surface area contributed by atoms with E-state index in [1.165, 1.54) is 0 Å². The lowest BCUT2D eigenvalue weighted by atomic mass is 10.1.